The summed E-state index contributed by atoms with van der Waals surface area (Å²) in [6, 6.07) is 10.1. The maximum Gasteiger partial charge on any atom is 0.271 e. The lowest BCUT2D eigenvalue weighted by molar-refractivity contribution is -0.384. The summed E-state index contributed by atoms with van der Waals surface area (Å²) >= 11 is 6.23. The molecule has 1 fully saturated rings. The van der Waals surface area contributed by atoms with Gasteiger partial charge >= 0.3 is 0 Å². The molecule has 8 nitrogen and oxygen atoms in total. The molecular formula is C21H18ClFN4O4. The summed E-state index contributed by atoms with van der Waals surface area (Å²) in [4.78, 5) is 27.3. The van der Waals surface area contributed by atoms with Crippen molar-refractivity contribution >= 4 is 28.9 Å². The molecule has 10 heteroatoms. The number of hydrogen-bond acceptors (Lipinski definition) is 6. The van der Waals surface area contributed by atoms with E-state index in [2.05, 4.69) is 5.16 Å². The first-order chi connectivity index (χ1) is 14.8. The van der Waals surface area contributed by atoms with E-state index in [-0.39, 0.29) is 17.4 Å². The van der Waals surface area contributed by atoms with E-state index < -0.39 is 4.92 Å². The molecule has 1 saturated heterocycles. The van der Waals surface area contributed by atoms with Crippen molar-refractivity contribution in [2.24, 2.45) is 0 Å². The smallest absolute Gasteiger partial charge is 0.271 e. The minimum atomic E-state index is -0.494. The second kappa shape index (κ2) is 8.35. The van der Waals surface area contributed by atoms with Gasteiger partial charge in [0.05, 0.1) is 15.6 Å². The lowest BCUT2D eigenvalue weighted by Crippen LogP contribution is -2.49. The number of non-ortho nitro benzene ring substituents is 1. The van der Waals surface area contributed by atoms with Gasteiger partial charge < -0.3 is 14.3 Å². The molecule has 1 amide bonds. The van der Waals surface area contributed by atoms with E-state index in [1.807, 2.05) is 4.90 Å². The number of carbonyl (C=O) groups is 1. The van der Waals surface area contributed by atoms with Crippen LogP contribution in [0.2, 0.25) is 5.02 Å². The molecule has 0 bridgehead atoms. The Balaban J connectivity index is 1.50. The van der Waals surface area contributed by atoms with Crippen molar-refractivity contribution in [2.75, 3.05) is 31.1 Å². The summed E-state index contributed by atoms with van der Waals surface area (Å²) in [5.74, 6) is -0.199. The summed E-state index contributed by atoms with van der Waals surface area (Å²) < 4.78 is 18.5. The normalized spacial score (nSPS) is 14.0. The van der Waals surface area contributed by atoms with Crippen molar-refractivity contribution in [3.8, 4) is 11.3 Å². The Kier molecular flexibility index (Phi) is 5.60. The summed E-state index contributed by atoms with van der Waals surface area (Å²) in [6.07, 6.45) is 0. The average Bonchev–Trinajstić information content (AvgIpc) is 3.15. The fourth-order valence-corrected chi connectivity index (χ4v) is 3.90. The number of carbonyl (C=O) groups excluding carboxylic acids is 1. The molecule has 0 spiro atoms. The number of aromatic nitrogens is 1. The standard InChI is InChI=1S/C21H18ClFN4O4/c1-13-19(20(24-31-13)14-2-4-15(23)5-3-14)21(28)26-10-8-25(9-11-26)18-7-6-16(27(29)30)12-17(18)22/h2-7,12H,8-11H2,1H3. The maximum absolute atomic E-state index is 13.3. The highest BCUT2D eigenvalue weighted by molar-refractivity contribution is 6.33. The second-order valence-electron chi connectivity index (χ2n) is 7.14. The van der Waals surface area contributed by atoms with Crippen LogP contribution in [0, 0.1) is 22.9 Å². The number of nitro benzene ring substituents is 1. The quantitative estimate of drug-likeness (QED) is 0.439. The van der Waals surface area contributed by atoms with Gasteiger partial charge in [0.1, 0.15) is 22.8 Å². The lowest BCUT2D eigenvalue weighted by atomic mass is 10.0. The largest absolute Gasteiger partial charge is 0.367 e. The maximum atomic E-state index is 13.3. The van der Waals surface area contributed by atoms with Gasteiger partial charge in [-0.05, 0) is 37.3 Å². The second-order valence-corrected chi connectivity index (χ2v) is 7.55. The van der Waals surface area contributed by atoms with Crippen LogP contribution in [0.4, 0.5) is 15.8 Å². The Morgan fingerprint density at radius 1 is 1.16 bits per heavy atom. The van der Waals surface area contributed by atoms with E-state index in [1.54, 1.807) is 30.0 Å². The van der Waals surface area contributed by atoms with Crippen LogP contribution in [0.1, 0.15) is 16.1 Å². The van der Waals surface area contributed by atoms with Gasteiger partial charge in [0, 0.05) is 43.9 Å². The molecule has 0 N–H and O–H groups in total. The van der Waals surface area contributed by atoms with Crippen LogP contribution in [-0.2, 0) is 0 Å². The molecule has 1 aliphatic heterocycles. The van der Waals surface area contributed by atoms with Gasteiger partial charge in [-0.3, -0.25) is 14.9 Å². The third-order valence-corrected chi connectivity index (χ3v) is 5.55. The number of anilines is 1. The third kappa shape index (κ3) is 4.09. The van der Waals surface area contributed by atoms with Gasteiger partial charge in [0.15, 0.2) is 0 Å². The third-order valence-electron chi connectivity index (χ3n) is 5.24. The highest BCUT2D eigenvalue weighted by atomic mass is 35.5. The number of nitrogens with zero attached hydrogens (tertiary/aromatic N) is 4. The fourth-order valence-electron chi connectivity index (χ4n) is 3.60. The van der Waals surface area contributed by atoms with E-state index >= 15 is 0 Å². The Labute approximate surface area is 181 Å². The van der Waals surface area contributed by atoms with Crippen molar-refractivity contribution in [1.29, 1.82) is 0 Å². The van der Waals surface area contributed by atoms with Crippen LogP contribution in [0.25, 0.3) is 11.3 Å². The number of nitro groups is 1. The molecule has 0 radical (unpaired) electrons. The van der Waals surface area contributed by atoms with Crippen LogP contribution in [0.3, 0.4) is 0 Å². The van der Waals surface area contributed by atoms with Gasteiger partial charge in [0.2, 0.25) is 0 Å². The van der Waals surface area contributed by atoms with Crippen molar-refractivity contribution in [1.82, 2.24) is 10.1 Å². The first kappa shape index (κ1) is 20.8. The summed E-state index contributed by atoms with van der Waals surface area (Å²) in [5, 5.41) is 15.2. The Bertz CT molecular complexity index is 1140. The predicted octanol–water partition coefficient (Wildman–Crippen LogP) is 4.31. The SMILES string of the molecule is Cc1onc(-c2ccc(F)cc2)c1C(=O)N1CCN(c2ccc([N+](=O)[O-])cc2Cl)CC1. The fraction of sp³-hybridized carbons (Fsp3) is 0.238. The Morgan fingerprint density at radius 3 is 2.45 bits per heavy atom. The van der Waals surface area contributed by atoms with Gasteiger partial charge in [-0.25, -0.2) is 4.39 Å². The van der Waals surface area contributed by atoms with E-state index in [0.717, 1.165) is 0 Å². The number of amides is 1. The molecule has 0 unspecified atom stereocenters. The van der Waals surface area contributed by atoms with Gasteiger partial charge in [-0.15, -0.1) is 0 Å². The first-order valence-electron chi connectivity index (χ1n) is 9.55. The molecule has 31 heavy (non-hydrogen) atoms. The Morgan fingerprint density at radius 2 is 1.84 bits per heavy atom. The van der Waals surface area contributed by atoms with Gasteiger partial charge in [-0.2, -0.15) is 0 Å². The highest BCUT2D eigenvalue weighted by Gasteiger charge is 2.29. The van der Waals surface area contributed by atoms with Crippen molar-refractivity contribution in [3.63, 3.8) is 0 Å². The zero-order valence-electron chi connectivity index (χ0n) is 16.5. The number of hydrogen-bond donors (Lipinski definition) is 0. The van der Waals surface area contributed by atoms with Crippen LogP contribution >= 0.6 is 11.6 Å². The lowest BCUT2D eigenvalue weighted by Gasteiger charge is -2.36. The molecule has 160 valence electrons. The minimum Gasteiger partial charge on any atom is -0.367 e. The van der Waals surface area contributed by atoms with Crippen LogP contribution in [0.15, 0.2) is 47.0 Å². The molecule has 1 aromatic heterocycles. The predicted molar refractivity (Wildman–Crippen MR) is 113 cm³/mol. The number of rotatable bonds is 4. The molecule has 1 aliphatic rings. The molecule has 2 aromatic carbocycles. The number of piperazine rings is 1. The number of benzene rings is 2. The van der Waals surface area contributed by atoms with Crippen LogP contribution < -0.4 is 4.90 Å². The molecule has 2 heterocycles. The van der Waals surface area contributed by atoms with Crippen molar-refractivity contribution in [3.05, 3.63) is 74.7 Å². The van der Waals surface area contributed by atoms with E-state index in [1.165, 1.54) is 24.3 Å². The molecule has 0 saturated carbocycles. The first-order valence-corrected chi connectivity index (χ1v) is 9.93. The molecular weight excluding hydrogens is 427 g/mol. The number of halogens is 2. The molecule has 0 atom stereocenters. The molecule has 4 rings (SSSR count). The number of aryl methyl sites for hydroxylation is 1. The van der Waals surface area contributed by atoms with E-state index in [4.69, 9.17) is 16.1 Å². The topological polar surface area (TPSA) is 92.7 Å². The van der Waals surface area contributed by atoms with E-state index in [9.17, 15) is 19.3 Å². The monoisotopic (exact) mass is 444 g/mol. The molecule has 3 aromatic rings. The average molecular weight is 445 g/mol. The van der Waals surface area contributed by atoms with Crippen LogP contribution in [-0.4, -0.2) is 47.1 Å². The van der Waals surface area contributed by atoms with Crippen LogP contribution in [0.5, 0.6) is 0 Å². The summed E-state index contributed by atoms with van der Waals surface area (Å²) in [5.41, 5.74) is 1.95. The van der Waals surface area contributed by atoms with Gasteiger partial charge in [-0.1, -0.05) is 16.8 Å². The summed E-state index contributed by atoms with van der Waals surface area (Å²) in [6.45, 7) is 3.55. The minimum absolute atomic E-state index is 0.0705. The van der Waals surface area contributed by atoms with Crippen molar-refractivity contribution in [2.45, 2.75) is 6.92 Å². The highest BCUT2D eigenvalue weighted by Crippen LogP contribution is 2.31. The zero-order valence-corrected chi connectivity index (χ0v) is 17.3. The van der Waals surface area contributed by atoms with Gasteiger partial charge in [0.25, 0.3) is 11.6 Å². The zero-order chi connectivity index (χ0) is 22.1. The van der Waals surface area contributed by atoms with Crippen molar-refractivity contribution < 1.29 is 18.6 Å². The van der Waals surface area contributed by atoms with E-state index in [0.29, 0.717) is 59.5 Å². The molecule has 0 aliphatic carbocycles. The Hall–Kier alpha value is -3.46. The summed E-state index contributed by atoms with van der Waals surface area (Å²) in [7, 11) is 0.